The summed E-state index contributed by atoms with van der Waals surface area (Å²) in [6, 6.07) is 9.81. The number of aromatic amines is 2. The molecule has 1 aliphatic heterocycles. The highest BCUT2D eigenvalue weighted by Gasteiger charge is 2.17. The second-order valence-electron chi connectivity index (χ2n) is 7.41. The van der Waals surface area contributed by atoms with Crippen LogP contribution in [-0.2, 0) is 6.54 Å². The van der Waals surface area contributed by atoms with Gasteiger partial charge in [-0.1, -0.05) is 12.1 Å². The van der Waals surface area contributed by atoms with Crippen molar-refractivity contribution >= 4 is 34.1 Å². The molecule has 1 aromatic carbocycles. The first-order chi connectivity index (χ1) is 15.3. The third kappa shape index (κ3) is 4.25. The van der Waals surface area contributed by atoms with Gasteiger partial charge in [0.15, 0.2) is 5.69 Å². The molecule has 0 radical (unpaired) electrons. The molecule has 1 fully saturated rings. The van der Waals surface area contributed by atoms with Crippen LogP contribution in [0.5, 0.6) is 0 Å². The van der Waals surface area contributed by atoms with Crippen molar-refractivity contribution in [2.45, 2.75) is 6.54 Å². The molecule has 3 aromatic heterocycles. The third-order valence-electron chi connectivity index (χ3n) is 5.29. The second-order valence-corrected chi connectivity index (χ2v) is 7.41. The van der Waals surface area contributed by atoms with Crippen LogP contribution in [0.3, 0.4) is 0 Å². The van der Waals surface area contributed by atoms with E-state index in [1.807, 2.05) is 30.3 Å². The molecule has 10 nitrogen and oxygen atoms in total. The van der Waals surface area contributed by atoms with E-state index in [0.717, 1.165) is 43.8 Å². The summed E-state index contributed by atoms with van der Waals surface area (Å²) in [5.74, 6) is 0.289. The number of hydrogen-bond acceptors (Lipinski definition) is 7. The summed E-state index contributed by atoms with van der Waals surface area (Å²) in [5.41, 5.74) is 3.45. The summed E-state index contributed by atoms with van der Waals surface area (Å²) in [6.07, 6.45) is 4.88. The zero-order chi connectivity index (χ0) is 21.0. The quantitative estimate of drug-likeness (QED) is 0.325. The minimum absolute atomic E-state index is 0.257. The lowest BCUT2D eigenvalue weighted by Crippen LogP contribution is -2.42. The molecule has 1 amide bonds. The molecule has 10 heteroatoms. The monoisotopic (exact) mass is 417 g/mol. The fraction of sp³-hybridized carbons (Fsp3) is 0.238. The zero-order valence-corrected chi connectivity index (χ0v) is 16.9. The zero-order valence-electron chi connectivity index (χ0n) is 16.9. The Labute approximate surface area is 178 Å². The van der Waals surface area contributed by atoms with Gasteiger partial charge in [0.1, 0.15) is 17.8 Å². The number of anilines is 3. The summed E-state index contributed by atoms with van der Waals surface area (Å²) in [6.45, 7) is 5.07. The first-order valence-electron chi connectivity index (χ1n) is 10.2. The highest BCUT2D eigenvalue weighted by Crippen LogP contribution is 2.24. The van der Waals surface area contributed by atoms with Crippen LogP contribution < -0.4 is 16.0 Å². The Balaban J connectivity index is 1.26. The van der Waals surface area contributed by atoms with Crippen molar-refractivity contribution in [1.29, 1.82) is 0 Å². The van der Waals surface area contributed by atoms with Crippen LogP contribution in [0.1, 0.15) is 16.1 Å². The molecule has 5 rings (SSSR count). The predicted molar refractivity (Wildman–Crippen MR) is 118 cm³/mol. The Morgan fingerprint density at radius 1 is 1.10 bits per heavy atom. The van der Waals surface area contributed by atoms with Crippen LogP contribution in [0, 0.1) is 0 Å². The van der Waals surface area contributed by atoms with Crippen LogP contribution in [0.15, 0.2) is 49.1 Å². The highest BCUT2D eigenvalue weighted by atomic mass is 16.2. The Morgan fingerprint density at radius 3 is 2.77 bits per heavy atom. The van der Waals surface area contributed by atoms with Crippen LogP contribution in [0.25, 0.3) is 11.0 Å². The van der Waals surface area contributed by atoms with Gasteiger partial charge < -0.3 is 20.9 Å². The molecular formula is C21H23N9O. The van der Waals surface area contributed by atoms with Crippen molar-refractivity contribution < 1.29 is 4.79 Å². The average Bonchev–Trinajstić information content (AvgIpc) is 3.46. The van der Waals surface area contributed by atoms with Gasteiger partial charge in [0.2, 0.25) is 0 Å². The molecule has 31 heavy (non-hydrogen) atoms. The standard InChI is InChI=1S/C21H23N9O/c31-21(27-15-3-1-14(2-4-15)12-30-9-7-22-8-10-30)18-17(11-26-29-18)28-20-16-5-6-23-19(16)24-13-25-20/h1-6,11,13,22H,7-10,12H2,(H,26,29)(H,27,31)(H2,23,24,25,28). The van der Waals surface area contributed by atoms with E-state index in [1.165, 1.54) is 11.9 Å². The number of carbonyl (C=O) groups is 1. The van der Waals surface area contributed by atoms with Gasteiger partial charge in [-0.2, -0.15) is 5.10 Å². The van der Waals surface area contributed by atoms with Gasteiger partial charge in [-0.15, -0.1) is 0 Å². The van der Waals surface area contributed by atoms with Crippen molar-refractivity contribution in [3.05, 3.63) is 60.3 Å². The number of benzene rings is 1. The molecule has 5 N–H and O–H groups in total. The first kappa shape index (κ1) is 19.2. The van der Waals surface area contributed by atoms with Crippen molar-refractivity contribution in [1.82, 2.24) is 35.4 Å². The average molecular weight is 417 g/mol. The van der Waals surface area contributed by atoms with Crippen LogP contribution in [0.4, 0.5) is 17.2 Å². The molecule has 158 valence electrons. The normalized spacial score (nSPS) is 14.6. The smallest absolute Gasteiger partial charge is 0.278 e. The molecule has 1 aliphatic rings. The SMILES string of the molecule is O=C(Nc1ccc(CN2CCNCC2)cc1)c1n[nH]cc1Nc1ncnc2[nH]ccc12. The minimum Gasteiger partial charge on any atom is -0.346 e. The number of fused-ring (bicyclic) bond motifs is 1. The number of aromatic nitrogens is 5. The van der Waals surface area contributed by atoms with Gasteiger partial charge in [-0.3, -0.25) is 14.8 Å². The van der Waals surface area contributed by atoms with Gasteiger partial charge in [-0.25, -0.2) is 9.97 Å². The first-order valence-corrected chi connectivity index (χ1v) is 10.2. The molecule has 0 unspecified atom stereocenters. The summed E-state index contributed by atoms with van der Waals surface area (Å²) in [5, 5.41) is 17.1. The largest absolute Gasteiger partial charge is 0.346 e. The van der Waals surface area contributed by atoms with Crippen molar-refractivity contribution in [3.8, 4) is 0 Å². The van der Waals surface area contributed by atoms with E-state index < -0.39 is 0 Å². The van der Waals surface area contributed by atoms with Crippen LogP contribution in [-0.4, -0.2) is 62.1 Å². The summed E-state index contributed by atoms with van der Waals surface area (Å²) >= 11 is 0. The molecule has 1 saturated heterocycles. The predicted octanol–water partition coefficient (Wildman–Crippen LogP) is 2.08. The van der Waals surface area contributed by atoms with E-state index in [2.05, 4.69) is 46.0 Å². The molecular weight excluding hydrogens is 394 g/mol. The molecule has 0 spiro atoms. The number of nitrogens with one attached hydrogen (secondary N) is 5. The number of rotatable bonds is 6. The summed E-state index contributed by atoms with van der Waals surface area (Å²) < 4.78 is 0. The second kappa shape index (κ2) is 8.54. The number of carbonyl (C=O) groups excluding carboxylic acids is 1. The lowest BCUT2D eigenvalue weighted by atomic mass is 10.2. The number of nitrogens with zero attached hydrogens (tertiary/aromatic N) is 4. The van der Waals surface area contributed by atoms with Crippen molar-refractivity contribution in [3.63, 3.8) is 0 Å². The lowest BCUT2D eigenvalue weighted by Gasteiger charge is -2.27. The highest BCUT2D eigenvalue weighted by molar-refractivity contribution is 6.07. The van der Waals surface area contributed by atoms with Crippen molar-refractivity contribution in [2.24, 2.45) is 0 Å². The molecule has 4 heterocycles. The van der Waals surface area contributed by atoms with E-state index in [1.54, 1.807) is 12.4 Å². The Bertz CT molecular complexity index is 1180. The molecule has 0 aliphatic carbocycles. The Hall–Kier alpha value is -3.76. The van der Waals surface area contributed by atoms with E-state index >= 15 is 0 Å². The molecule has 0 atom stereocenters. The van der Waals surface area contributed by atoms with Crippen LogP contribution >= 0.6 is 0 Å². The number of piperazine rings is 1. The van der Waals surface area contributed by atoms with Gasteiger partial charge in [0.05, 0.1) is 11.1 Å². The third-order valence-corrected chi connectivity index (χ3v) is 5.29. The maximum Gasteiger partial charge on any atom is 0.278 e. The fourth-order valence-electron chi connectivity index (χ4n) is 3.67. The Morgan fingerprint density at radius 2 is 1.94 bits per heavy atom. The van der Waals surface area contributed by atoms with E-state index in [0.29, 0.717) is 17.2 Å². The molecule has 4 aromatic rings. The Kier molecular flexibility index (Phi) is 5.29. The van der Waals surface area contributed by atoms with E-state index in [9.17, 15) is 4.79 Å². The molecule has 0 saturated carbocycles. The maximum atomic E-state index is 12.8. The van der Waals surface area contributed by atoms with Crippen LogP contribution in [0.2, 0.25) is 0 Å². The van der Waals surface area contributed by atoms with E-state index in [-0.39, 0.29) is 11.6 Å². The summed E-state index contributed by atoms with van der Waals surface area (Å²) in [4.78, 5) is 26.7. The fourth-order valence-corrected chi connectivity index (χ4v) is 3.67. The minimum atomic E-state index is -0.307. The topological polar surface area (TPSA) is 127 Å². The van der Waals surface area contributed by atoms with Gasteiger partial charge in [0, 0.05) is 50.8 Å². The number of hydrogen-bond donors (Lipinski definition) is 5. The number of H-pyrrole nitrogens is 2. The van der Waals surface area contributed by atoms with Gasteiger partial charge >= 0.3 is 0 Å². The van der Waals surface area contributed by atoms with Gasteiger partial charge in [0.25, 0.3) is 5.91 Å². The maximum absolute atomic E-state index is 12.8. The number of amides is 1. The van der Waals surface area contributed by atoms with Crippen molar-refractivity contribution in [2.75, 3.05) is 36.8 Å². The summed E-state index contributed by atoms with van der Waals surface area (Å²) in [7, 11) is 0. The lowest BCUT2D eigenvalue weighted by molar-refractivity contribution is 0.102. The van der Waals surface area contributed by atoms with Gasteiger partial charge in [-0.05, 0) is 23.8 Å². The van der Waals surface area contributed by atoms with E-state index in [4.69, 9.17) is 0 Å². The molecule has 0 bridgehead atoms.